The average Bonchev–Trinajstić information content (AvgIpc) is 3.39. The standard InChI is InChI=1S/C19H16N6O3/c1-10-6-20-19-21-7-15(25(19)8-10)17(26)22-14-9-27-16-5-12(3-4-13(14)16)18-24-23-11(2)28-18/h3-8,14H,9H2,1-2H3,(H,22,26)/t14-/m1/s1. The Balaban J connectivity index is 1.40. The number of rotatable bonds is 3. The highest BCUT2D eigenvalue weighted by Crippen LogP contribution is 2.35. The molecule has 0 radical (unpaired) electrons. The molecule has 3 aromatic heterocycles. The highest BCUT2D eigenvalue weighted by molar-refractivity contribution is 5.93. The Morgan fingerprint density at radius 3 is 2.89 bits per heavy atom. The van der Waals surface area contributed by atoms with Crippen LogP contribution in [-0.2, 0) is 0 Å². The molecule has 1 amide bonds. The number of benzene rings is 1. The maximum atomic E-state index is 12.8. The van der Waals surface area contributed by atoms with E-state index in [2.05, 4.69) is 25.5 Å². The summed E-state index contributed by atoms with van der Waals surface area (Å²) in [4.78, 5) is 21.2. The summed E-state index contributed by atoms with van der Waals surface area (Å²) >= 11 is 0. The van der Waals surface area contributed by atoms with Crippen molar-refractivity contribution in [3.05, 3.63) is 59.5 Å². The predicted molar refractivity (Wildman–Crippen MR) is 97.9 cm³/mol. The fourth-order valence-corrected chi connectivity index (χ4v) is 3.25. The van der Waals surface area contributed by atoms with Gasteiger partial charge in [0.25, 0.3) is 5.91 Å². The number of amides is 1. The van der Waals surface area contributed by atoms with Crippen LogP contribution >= 0.6 is 0 Å². The van der Waals surface area contributed by atoms with Gasteiger partial charge in [-0.1, -0.05) is 6.07 Å². The molecular formula is C19H16N6O3. The van der Waals surface area contributed by atoms with Crippen molar-refractivity contribution < 1.29 is 13.9 Å². The summed E-state index contributed by atoms with van der Waals surface area (Å²) in [5, 5.41) is 10.9. The Morgan fingerprint density at radius 1 is 1.21 bits per heavy atom. The maximum Gasteiger partial charge on any atom is 0.270 e. The third-order valence-electron chi connectivity index (χ3n) is 4.60. The van der Waals surface area contributed by atoms with Gasteiger partial charge in [-0.05, 0) is 24.6 Å². The molecular weight excluding hydrogens is 360 g/mol. The number of ether oxygens (including phenoxy) is 1. The van der Waals surface area contributed by atoms with Gasteiger partial charge in [0.2, 0.25) is 17.6 Å². The summed E-state index contributed by atoms with van der Waals surface area (Å²) in [6, 6.07) is 5.36. The van der Waals surface area contributed by atoms with Crippen molar-refractivity contribution in [3.8, 4) is 17.2 Å². The van der Waals surface area contributed by atoms with E-state index >= 15 is 0 Å². The van der Waals surface area contributed by atoms with E-state index in [0.717, 1.165) is 16.7 Å². The van der Waals surface area contributed by atoms with Crippen molar-refractivity contribution in [3.63, 3.8) is 0 Å². The third kappa shape index (κ3) is 2.68. The summed E-state index contributed by atoms with van der Waals surface area (Å²) < 4.78 is 12.9. The van der Waals surface area contributed by atoms with Gasteiger partial charge in [-0.3, -0.25) is 9.20 Å². The number of nitrogens with one attached hydrogen (secondary N) is 1. The molecule has 140 valence electrons. The highest BCUT2D eigenvalue weighted by atomic mass is 16.5. The zero-order valence-electron chi connectivity index (χ0n) is 15.2. The van der Waals surface area contributed by atoms with Crippen molar-refractivity contribution in [1.29, 1.82) is 0 Å². The molecule has 0 spiro atoms. The molecule has 4 heterocycles. The second kappa shape index (κ2) is 6.15. The van der Waals surface area contributed by atoms with E-state index in [0.29, 0.717) is 35.6 Å². The van der Waals surface area contributed by atoms with Crippen molar-refractivity contribution in [2.24, 2.45) is 0 Å². The number of hydrogen-bond acceptors (Lipinski definition) is 7. The fourth-order valence-electron chi connectivity index (χ4n) is 3.25. The van der Waals surface area contributed by atoms with Crippen LogP contribution in [-0.4, -0.2) is 37.1 Å². The molecule has 0 unspecified atom stereocenters. The first-order valence-electron chi connectivity index (χ1n) is 8.76. The van der Waals surface area contributed by atoms with E-state index < -0.39 is 0 Å². The number of carbonyl (C=O) groups excluding carboxylic acids is 1. The van der Waals surface area contributed by atoms with Crippen LogP contribution < -0.4 is 10.1 Å². The second-order valence-electron chi connectivity index (χ2n) is 6.66. The molecule has 0 fully saturated rings. The van der Waals surface area contributed by atoms with Gasteiger partial charge < -0.3 is 14.5 Å². The van der Waals surface area contributed by atoms with Crippen molar-refractivity contribution in [1.82, 2.24) is 29.9 Å². The number of aromatic nitrogens is 5. The number of nitrogens with zero attached hydrogens (tertiary/aromatic N) is 5. The van der Waals surface area contributed by atoms with Gasteiger partial charge in [-0.15, -0.1) is 10.2 Å². The zero-order valence-corrected chi connectivity index (χ0v) is 15.2. The summed E-state index contributed by atoms with van der Waals surface area (Å²) in [6.07, 6.45) is 5.07. The van der Waals surface area contributed by atoms with Gasteiger partial charge in [0.05, 0.1) is 12.2 Å². The highest BCUT2D eigenvalue weighted by Gasteiger charge is 2.28. The molecule has 0 bridgehead atoms. The molecule has 0 aliphatic carbocycles. The smallest absolute Gasteiger partial charge is 0.270 e. The van der Waals surface area contributed by atoms with E-state index in [1.54, 1.807) is 17.5 Å². The lowest BCUT2D eigenvalue weighted by atomic mass is 10.1. The minimum absolute atomic E-state index is 0.238. The first-order chi connectivity index (χ1) is 13.6. The molecule has 1 aliphatic heterocycles. The summed E-state index contributed by atoms with van der Waals surface area (Å²) in [5.74, 6) is 1.87. The van der Waals surface area contributed by atoms with Crippen LogP contribution in [0.25, 0.3) is 17.2 Å². The van der Waals surface area contributed by atoms with Gasteiger partial charge in [-0.2, -0.15) is 0 Å². The molecule has 9 heteroatoms. The summed E-state index contributed by atoms with van der Waals surface area (Å²) in [5.41, 5.74) is 3.04. The van der Waals surface area contributed by atoms with Gasteiger partial charge in [0.1, 0.15) is 18.1 Å². The van der Waals surface area contributed by atoms with Crippen molar-refractivity contribution in [2.75, 3.05) is 6.61 Å². The normalized spacial score (nSPS) is 15.4. The molecule has 0 saturated heterocycles. The molecule has 4 aromatic rings. The number of imidazole rings is 1. The van der Waals surface area contributed by atoms with E-state index in [-0.39, 0.29) is 11.9 Å². The van der Waals surface area contributed by atoms with Crippen LogP contribution in [0.4, 0.5) is 0 Å². The molecule has 0 saturated carbocycles. The number of fused-ring (bicyclic) bond motifs is 2. The molecule has 1 N–H and O–H groups in total. The summed E-state index contributed by atoms with van der Waals surface area (Å²) in [7, 11) is 0. The molecule has 1 aliphatic rings. The maximum absolute atomic E-state index is 12.8. The largest absolute Gasteiger partial charge is 0.491 e. The molecule has 1 atom stereocenters. The third-order valence-corrected chi connectivity index (χ3v) is 4.60. The lowest BCUT2D eigenvalue weighted by Gasteiger charge is -2.11. The Labute approximate surface area is 159 Å². The van der Waals surface area contributed by atoms with Crippen LogP contribution in [0.1, 0.15) is 33.5 Å². The fraction of sp³-hybridized carbons (Fsp3) is 0.211. The lowest BCUT2D eigenvalue weighted by molar-refractivity contribution is 0.0924. The van der Waals surface area contributed by atoms with Gasteiger partial charge >= 0.3 is 0 Å². The van der Waals surface area contributed by atoms with E-state index in [9.17, 15) is 4.79 Å². The molecule has 9 nitrogen and oxygen atoms in total. The molecule has 1 aromatic carbocycles. The summed E-state index contributed by atoms with van der Waals surface area (Å²) in [6.45, 7) is 4.00. The Morgan fingerprint density at radius 2 is 2.07 bits per heavy atom. The minimum Gasteiger partial charge on any atom is -0.491 e. The van der Waals surface area contributed by atoms with E-state index in [1.807, 2.05) is 31.3 Å². The molecule has 5 rings (SSSR count). The molecule has 28 heavy (non-hydrogen) atoms. The quantitative estimate of drug-likeness (QED) is 0.584. The topological polar surface area (TPSA) is 107 Å². The number of hydrogen-bond donors (Lipinski definition) is 1. The van der Waals surface area contributed by atoms with Crippen LogP contribution in [0, 0.1) is 13.8 Å². The van der Waals surface area contributed by atoms with E-state index in [4.69, 9.17) is 9.15 Å². The Bertz CT molecular complexity index is 1210. The van der Waals surface area contributed by atoms with Gasteiger partial charge in [0, 0.05) is 30.4 Å². The number of carbonyl (C=O) groups is 1. The minimum atomic E-state index is -0.260. The SMILES string of the molecule is Cc1cnc2ncc(C(=O)N[C@@H]3COc4cc(-c5nnc(C)o5)ccc43)n2c1. The van der Waals surface area contributed by atoms with Gasteiger partial charge in [-0.25, -0.2) is 9.97 Å². The Kier molecular flexibility index (Phi) is 3.61. The predicted octanol–water partition coefficient (Wildman–Crippen LogP) is 2.26. The van der Waals surface area contributed by atoms with Crippen LogP contribution in [0.2, 0.25) is 0 Å². The van der Waals surface area contributed by atoms with Crippen LogP contribution in [0.3, 0.4) is 0 Å². The zero-order chi connectivity index (χ0) is 19.3. The average molecular weight is 376 g/mol. The first-order valence-corrected chi connectivity index (χ1v) is 8.76. The first kappa shape index (κ1) is 16.4. The van der Waals surface area contributed by atoms with Gasteiger partial charge in [0.15, 0.2) is 0 Å². The number of aryl methyl sites for hydroxylation is 2. The Hall–Kier alpha value is -3.75. The van der Waals surface area contributed by atoms with Crippen molar-refractivity contribution >= 4 is 11.7 Å². The second-order valence-corrected chi connectivity index (χ2v) is 6.66. The monoisotopic (exact) mass is 376 g/mol. The van der Waals surface area contributed by atoms with Crippen LogP contribution in [0.5, 0.6) is 5.75 Å². The van der Waals surface area contributed by atoms with Crippen LogP contribution in [0.15, 0.2) is 41.2 Å². The lowest BCUT2D eigenvalue weighted by Crippen LogP contribution is -2.30. The van der Waals surface area contributed by atoms with Crippen molar-refractivity contribution in [2.45, 2.75) is 19.9 Å². The van der Waals surface area contributed by atoms with E-state index in [1.165, 1.54) is 6.20 Å².